The fourth-order valence-corrected chi connectivity index (χ4v) is 2.47. The lowest BCUT2D eigenvalue weighted by molar-refractivity contribution is 0.318. The molecule has 0 saturated carbocycles. The fraction of sp³-hybridized carbons (Fsp3) is 0.588. The number of nitrogens with zero attached hydrogens (tertiary/aromatic N) is 1. The molecule has 0 bridgehead atoms. The molecule has 0 N–H and O–H groups in total. The van der Waals surface area contributed by atoms with Gasteiger partial charge in [-0.3, -0.25) is 0 Å². The summed E-state index contributed by atoms with van der Waals surface area (Å²) in [6.07, 6.45) is 8.07. The minimum atomic E-state index is 0.105. The lowest BCUT2D eigenvalue weighted by Crippen LogP contribution is -2.18. The Morgan fingerprint density at radius 3 is 2.35 bits per heavy atom. The highest BCUT2D eigenvalue weighted by molar-refractivity contribution is 5.09. The maximum Gasteiger partial charge on any atom is 0.194 e. The normalized spacial score (nSPS) is 12.8. The molecule has 0 spiro atoms. The molecule has 0 radical (unpaired) electrons. The van der Waals surface area contributed by atoms with Crippen LogP contribution in [0.4, 0.5) is 0 Å². The summed E-state index contributed by atoms with van der Waals surface area (Å²) in [5.74, 6) is 0.831. The summed E-state index contributed by atoms with van der Waals surface area (Å²) in [7, 11) is 0. The maximum absolute atomic E-state index is 5.63. The van der Waals surface area contributed by atoms with Crippen molar-refractivity contribution in [3.05, 3.63) is 42.0 Å². The SMILES string of the molecule is CC(C)(C)Cc1coc(CC(C)(C)Cc2ccoc2)n1. The summed E-state index contributed by atoms with van der Waals surface area (Å²) in [5.41, 5.74) is 2.61. The number of furan rings is 1. The van der Waals surface area contributed by atoms with Crippen molar-refractivity contribution >= 4 is 0 Å². The predicted molar refractivity (Wildman–Crippen MR) is 79.6 cm³/mol. The summed E-state index contributed by atoms with van der Waals surface area (Å²) >= 11 is 0. The van der Waals surface area contributed by atoms with Crippen molar-refractivity contribution in [2.45, 2.75) is 53.9 Å². The van der Waals surface area contributed by atoms with Crippen LogP contribution in [0.15, 0.2) is 33.7 Å². The Labute approximate surface area is 121 Å². The maximum atomic E-state index is 5.63. The smallest absolute Gasteiger partial charge is 0.194 e. The van der Waals surface area contributed by atoms with E-state index in [2.05, 4.69) is 39.6 Å². The Kier molecular flexibility index (Phi) is 4.07. The van der Waals surface area contributed by atoms with E-state index in [1.165, 1.54) is 5.56 Å². The summed E-state index contributed by atoms with van der Waals surface area (Å²) in [4.78, 5) is 4.62. The van der Waals surface area contributed by atoms with Crippen LogP contribution in [0.3, 0.4) is 0 Å². The Hall–Kier alpha value is -1.51. The van der Waals surface area contributed by atoms with Crippen molar-refractivity contribution < 1.29 is 8.83 Å². The molecule has 2 rings (SSSR count). The molecule has 0 aromatic carbocycles. The molecular formula is C17H25NO2. The third-order valence-corrected chi connectivity index (χ3v) is 3.20. The predicted octanol–water partition coefficient (Wildman–Crippen LogP) is 4.67. The van der Waals surface area contributed by atoms with Crippen LogP contribution in [-0.4, -0.2) is 4.98 Å². The Morgan fingerprint density at radius 2 is 1.75 bits per heavy atom. The molecule has 0 atom stereocenters. The zero-order valence-electron chi connectivity index (χ0n) is 13.2. The quantitative estimate of drug-likeness (QED) is 0.796. The van der Waals surface area contributed by atoms with Gasteiger partial charge < -0.3 is 8.83 Å². The Bertz CT molecular complexity index is 530. The summed E-state index contributed by atoms with van der Waals surface area (Å²) in [6, 6.07) is 2.02. The Balaban J connectivity index is 1.98. The monoisotopic (exact) mass is 275 g/mol. The first-order valence-corrected chi connectivity index (χ1v) is 7.18. The second kappa shape index (κ2) is 5.47. The topological polar surface area (TPSA) is 39.2 Å². The molecule has 0 aliphatic carbocycles. The molecule has 20 heavy (non-hydrogen) atoms. The molecule has 2 aromatic heterocycles. The number of hydrogen-bond donors (Lipinski definition) is 0. The molecule has 0 amide bonds. The first-order valence-electron chi connectivity index (χ1n) is 7.18. The van der Waals surface area contributed by atoms with Crippen LogP contribution in [0, 0.1) is 10.8 Å². The second-order valence-electron chi connectivity index (χ2n) is 7.62. The van der Waals surface area contributed by atoms with Gasteiger partial charge in [0.1, 0.15) is 6.26 Å². The van der Waals surface area contributed by atoms with E-state index in [4.69, 9.17) is 8.83 Å². The summed E-state index contributed by atoms with van der Waals surface area (Å²) in [6.45, 7) is 11.1. The van der Waals surface area contributed by atoms with Gasteiger partial charge in [0.15, 0.2) is 5.89 Å². The number of oxazole rings is 1. The van der Waals surface area contributed by atoms with Crippen LogP contribution in [0.1, 0.15) is 51.8 Å². The van der Waals surface area contributed by atoms with Gasteiger partial charge in [-0.25, -0.2) is 4.98 Å². The van der Waals surface area contributed by atoms with Gasteiger partial charge in [0.25, 0.3) is 0 Å². The average molecular weight is 275 g/mol. The number of hydrogen-bond acceptors (Lipinski definition) is 3. The fourth-order valence-electron chi connectivity index (χ4n) is 2.47. The molecule has 3 nitrogen and oxygen atoms in total. The van der Waals surface area contributed by atoms with Gasteiger partial charge >= 0.3 is 0 Å². The van der Waals surface area contributed by atoms with Crippen LogP contribution in [0.25, 0.3) is 0 Å². The molecule has 0 fully saturated rings. The van der Waals surface area contributed by atoms with Crippen LogP contribution in [0.2, 0.25) is 0 Å². The largest absolute Gasteiger partial charge is 0.472 e. The van der Waals surface area contributed by atoms with E-state index in [1.807, 2.05) is 12.3 Å². The van der Waals surface area contributed by atoms with E-state index >= 15 is 0 Å². The van der Waals surface area contributed by atoms with Crippen LogP contribution < -0.4 is 0 Å². The van der Waals surface area contributed by atoms with Crippen molar-refractivity contribution in [1.82, 2.24) is 4.98 Å². The molecule has 0 aliphatic heterocycles. The van der Waals surface area contributed by atoms with E-state index in [1.54, 1.807) is 12.5 Å². The van der Waals surface area contributed by atoms with Gasteiger partial charge in [0, 0.05) is 6.42 Å². The third-order valence-electron chi connectivity index (χ3n) is 3.20. The molecule has 0 aliphatic rings. The number of rotatable bonds is 5. The third kappa shape index (κ3) is 4.55. The van der Waals surface area contributed by atoms with Gasteiger partial charge in [-0.2, -0.15) is 0 Å². The van der Waals surface area contributed by atoms with E-state index in [0.717, 1.165) is 30.8 Å². The van der Waals surface area contributed by atoms with Crippen LogP contribution in [-0.2, 0) is 19.3 Å². The summed E-state index contributed by atoms with van der Waals surface area (Å²) < 4.78 is 10.8. The van der Waals surface area contributed by atoms with E-state index in [9.17, 15) is 0 Å². The first-order chi connectivity index (χ1) is 9.23. The van der Waals surface area contributed by atoms with Crippen molar-refractivity contribution in [3.8, 4) is 0 Å². The minimum Gasteiger partial charge on any atom is -0.472 e. The summed E-state index contributed by atoms with van der Waals surface area (Å²) in [5, 5.41) is 0. The average Bonchev–Trinajstić information content (AvgIpc) is 2.87. The van der Waals surface area contributed by atoms with Crippen molar-refractivity contribution in [2.75, 3.05) is 0 Å². The number of aromatic nitrogens is 1. The lowest BCUT2D eigenvalue weighted by Gasteiger charge is -2.21. The highest BCUT2D eigenvalue weighted by Crippen LogP contribution is 2.27. The molecule has 3 heteroatoms. The molecule has 110 valence electrons. The zero-order chi connectivity index (χ0) is 14.8. The van der Waals surface area contributed by atoms with Gasteiger partial charge in [-0.05, 0) is 35.3 Å². The zero-order valence-corrected chi connectivity index (χ0v) is 13.2. The van der Waals surface area contributed by atoms with Crippen LogP contribution >= 0.6 is 0 Å². The van der Waals surface area contributed by atoms with Crippen molar-refractivity contribution in [1.29, 1.82) is 0 Å². The first kappa shape index (κ1) is 14.9. The second-order valence-corrected chi connectivity index (χ2v) is 7.62. The standard InChI is InChI=1S/C17H25NO2/c1-16(2,3)9-14-12-20-15(18-14)10-17(4,5)8-13-6-7-19-11-13/h6-7,11-12H,8-10H2,1-5H3. The van der Waals surface area contributed by atoms with Gasteiger partial charge in [0.05, 0.1) is 18.2 Å². The van der Waals surface area contributed by atoms with E-state index in [0.29, 0.717) is 0 Å². The molecule has 0 unspecified atom stereocenters. The van der Waals surface area contributed by atoms with E-state index in [-0.39, 0.29) is 10.8 Å². The van der Waals surface area contributed by atoms with Gasteiger partial charge in [-0.15, -0.1) is 0 Å². The lowest BCUT2D eigenvalue weighted by atomic mass is 9.83. The molecule has 2 heterocycles. The molecule has 0 saturated heterocycles. The van der Waals surface area contributed by atoms with Gasteiger partial charge in [-0.1, -0.05) is 34.6 Å². The van der Waals surface area contributed by atoms with Crippen molar-refractivity contribution in [3.63, 3.8) is 0 Å². The van der Waals surface area contributed by atoms with Gasteiger partial charge in [0.2, 0.25) is 0 Å². The minimum absolute atomic E-state index is 0.105. The van der Waals surface area contributed by atoms with Crippen LogP contribution in [0.5, 0.6) is 0 Å². The molecule has 2 aromatic rings. The van der Waals surface area contributed by atoms with Crippen molar-refractivity contribution in [2.24, 2.45) is 10.8 Å². The Morgan fingerprint density at radius 1 is 1.00 bits per heavy atom. The molecular weight excluding hydrogens is 250 g/mol. The highest BCUT2D eigenvalue weighted by Gasteiger charge is 2.23. The van der Waals surface area contributed by atoms with E-state index < -0.39 is 0 Å². The highest BCUT2D eigenvalue weighted by atomic mass is 16.3.